The lowest BCUT2D eigenvalue weighted by molar-refractivity contribution is 0.519. The summed E-state index contributed by atoms with van der Waals surface area (Å²) >= 11 is 0. The number of H-pyrrole nitrogens is 1. The summed E-state index contributed by atoms with van der Waals surface area (Å²) < 4.78 is 1.86. The monoisotopic (exact) mass is 490 g/mol. The summed E-state index contributed by atoms with van der Waals surface area (Å²) in [5, 5.41) is 14.0. The van der Waals surface area contributed by atoms with Gasteiger partial charge in [-0.1, -0.05) is 48.5 Å². The Kier molecular flexibility index (Phi) is 5.83. The van der Waals surface area contributed by atoms with Crippen LogP contribution in [0.15, 0.2) is 77.6 Å². The second-order valence-corrected chi connectivity index (χ2v) is 10.1. The second kappa shape index (κ2) is 9.32. The molecule has 0 spiro atoms. The third-order valence-corrected chi connectivity index (χ3v) is 7.58. The number of tetrazole rings is 1. The summed E-state index contributed by atoms with van der Waals surface area (Å²) in [7, 11) is 0. The van der Waals surface area contributed by atoms with Crippen molar-refractivity contribution < 1.29 is 0 Å². The number of rotatable bonds is 6. The Morgan fingerprint density at radius 3 is 2.59 bits per heavy atom. The van der Waals surface area contributed by atoms with Gasteiger partial charge < -0.3 is 9.88 Å². The lowest BCUT2D eigenvalue weighted by Gasteiger charge is -2.33. The molecule has 0 radical (unpaired) electrons. The maximum atomic E-state index is 13.7. The van der Waals surface area contributed by atoms with E-state index in [1.54, 1.807) is 0 Å². The number of nitrogens with zero attached hydrogens (tertiary/aromatic N) is 5. The highest BCUT2D eigenvalue weighted by molar-refractivity contribution is 5.81. The van der Waals surface area contributed by atoms with Gasteiger partial charge in [0, 0.05) is 29.4 Å². The SMILES string of the molecule is Cc1cc2cc([C@H](c3nnnn3CCc3ccccc3)N3c4ccccc4C[C@H]3C)c(=O)[nH]c2cc1C. The molecule has 1 aliphatic rings. The first-order valence-corrected chi connectivity index (χ1v) is 12.8. The van der Waals surface area contributed by atoms with E-state index in [0.717, 1.165) is 35.0 Å². The van der Waals surface area contributed by atoms with Gasteiger partial charge in [0.2, 0.25) is 0 Å². The van der Waals surface area contributed by atoms with E-state index in [-0.39, 0.29) is 11.6 Å². The van der Waals surface area contributed by atoms with Crippen molar-refractivity contribution in [1.82, 2.24) is 25.2 Å². The van der Waals surface area contributed by atoms with Gasteiger partial charge in [-0.05, 0) is 95.9 Å². The summed E-state index contributed by atoms with van der Waals surface area (Å²) in [6.07, 6.45) is 1.70. The minimum absolute atomic E-state index is 0.116. The van der Waals surface area contributed by atoms with Crippen molar-refractivity contribution in [3.63, 3.8) is 0 Å². The van der Waals surface area contributed by atoms with Crippen molar-refractivity contribution in [2.45, 2.75) is 52.2 Å². The van der Waals surface area contributed by atoms with Crippen LogP contribution in [0.5, 0.6) is 0 Å². The molecule has 1 N–H and O–H groups in total. The van der Waals surface area contributed by atoms with Gasteiger partial charge in [-0.15, -0.1) is 5.10 Å². The Morgan fingerprint density at radius 2 is 1.76 bits per heavy atom. The van der Waals surface area contributed by atoms with Crippen LogP contribution in [0.25, 0.3) is 10.9 Å². The zero-order chi connectivity index (χ0) is 25.5. The smallest absolute Gasteiger partial charge is 0.254 e. The topological polar surface area (TPSA) is 79.7 Å². The molecule has 0 bridgehead atoms. The Bertz CT molecular complexity index is 1640. The average molecular weight is 491 g/mol. The number of aryl methyl sites for hydroxylation is 4. The van der Waals surface area contributed by atoms with E-state index >= 15 is 0 Å². The largest absolute Gasteiger partial charge is 0.354 e. The van der Waals surface area contributed by atoms with Crippen molar-refractivity contribution in [2.75, 3.05) is 4.90 Å². The summed E-state index contributed by atoms with van der Waals surface area (Å²) in [4.78, 5) is 19.1. The van der Waals surface area contributed by atoms with Gasteiger partial charge in [-0.2, -0.15) is 0 Å². The molecular formula is C30H30N6O. The third-order valence-electron chi connectivity index (χ3n) is 7.58. The van der Waals surface area contributed by atoms with Crippen LogP contribution in [0, 0.1) is 13.8 Å². The Morgan fingerprint density at radius 1 is 1.00 bits per heavy atom. The zero-order valence-corrected chi connectivity index (χ0v) is 21.3. The molecule has 7 heteroatoms. The number of pyridine rings is 1. The van der Waals surface area contributed by atoms with Gasteiger partial charge in [0.15, 0.2) is 5.82 Å². The molecule has 5 aromatic rings. The first-order chi connectivity index (χ1) is 18.0. The molecule has 37 heavy (non-hydrogen) atoms. The molecule has 0 fully saturated rings. The van der Waals surface area contributed by atoms with Gasteiger partial charge in [0.05, 0.1) is 0 Å². The first kappa shape index (κ1) is 23.2. The zero-order valence-electron chi connectivity index (χ0n) is 21.3. The molecule has 6 rings (SSSR count). The van der Waals surface area contributed by atoms with Gasteiger partial charge in [0.1, 0.15) is 6.04 Å². The summed E-state index contributed by atoms with van der Waals surface area (Å²) in [5.74, 6) is 0.674. The summed E-state index contributed by atoms with van der Waals surface area (Å²) in [6.45, 7) is 6.98. The van der Waals surface area contributed by atoms with E-state index < -0.39 is 6.04 Å². The van der Waals surface area contributed by atoms with Gasteiger partial charge >= 0.3 is 0 Å². The van der Waals surface area contributed by atoms with Crippen LogP contribution in [0.3, 0.4) is 0 Å². The van der Waals surface area contributed by atoms with Crippen molar-refractivity contribution in [2.24, 2.45) is 0 Å². The van der Waals surface area contributed by atoms with Crippen molar-refractivity contribution in [3.05, 3.63) is 117 Å². The quantitative estimate of drug-likeness (QED) is 0.366. The van der Waals surface area contributed by atoms with E-state index in [0.29, 0.717) is 17.9 Å². The summed E-state index contributed by atoms with van der Waals surface area (Å²) in [6, 6.07) is 24.7. The van der Waals surface area contributed by atoms with Gasteiger partial charge in [-0.3, -0.25) is 4.79 Å². The van der Waals surface area contributed by atoms with Crippen LogP contribution in [-0.2, 0) is 19.4 Å². The standard InChI is InChI=1S/C30H30N6O/c1-19-15-24-18-25(30(37)31-26(24)16-20(19)2)28(36-21(3)17-23-11-7-8-12-27(23)36)29-32-33-34-35(29)14-13-22-9-5-4-6-10-22/h4-12,15-16,18,21,28H,13-14,17H2,1-3H3,(H,31,37)/t21-,28-/m1/s1. The fourth-order valence-corrected chi connectivity index (χ4v) is 5.54. The van der Waals surface area contributed by atoms with Gasteiger partial charge in [0.25, 0.3) is 5.56 Å². The van der Waals surface area contributed by atoms with Crippen molar-refractivity contribution in [1.29, 1.82) is 0 Å². The summed E-state index contributed by atoms with van der Waals surface area (Å²) in [5.41, 5.74) is 7.33. The molecule has 3 heterocycles. The number of nitrogens with one attached hydrogen (secondary N) is 1. The lowest BCUT2D eigenvalue weighted by atomic mass is 10.00. The maximum absolute atomic E-state index is 13.7. The second-order valence-electron chi connectivity index (χ2n) is 10.1. The minimum Gasteiger partial charge on any atom is -0.354 e. The number of hydrogen-bond donors (Lipinski definition) is 1. The Labute approximate surface area is 215 Å². The number of fused-ring (bicyclic) bond motifs is 2. The van der Waals surface area contributed by atoms with Crippen LogP contribution < -0.4 is 10.5 Å². The first-order valence-electron chi connectivity index (χ1n) is 12.8. The molecule has 7 nitrogen and oxygen atoms in total. The van der Waals surface area contributed by atoms with Crippen LogP contribution >= 0.6 is 0 Å². The van der Waals surface area contributed by atoms with Crippen LogP contribution in [-0.4, -0.2) is 31.2 Å². The van der Waals surface area contributed by atoms with E-state index in [1.807, 2.05) is 35.0 Å². The highest BCUT2D eigenvalue weighted by Crippen LogP contribution is 2.40. The van der Waals surface area contributed by atoms with E-state index in [2.05, 4.69) is 88.6 Å². The van der Waals surface area contributed by atoms with Gasteiger partial charge in [-0.25, -0.2) is 4.68 Å². The van der Waals surface area contributed by atoms with Crippen LogP contribution in [0.1, 0.15) is 46.6 Å². The van der Waals surface area contributed by atoms with E-state index in [9.17, 15) is 4.79 Å². The number of anilines is 1. The third kappa shape index (κ3) is 4.20. The van der Waals surface area contributed by atoms with Crippen LogP contribution in [0.4, 0.5) is 5.69 Å². The molecule has 186 valence electrons. The minimum atomic E-state index is -0.431. The predicted molar refractivity (Wildman–Crippen MR) is 146 cm³/mol. The fourth-order valence-electron chi connectivity index (χ4n) is 5.54. The number of benzene rings is 3. The highest BCUT2D eigenvalue weighted by Gasteiger charge is 2.37. The molecule has 1 aliphatic heterocycles. The molecule has 0 unspecified atom stereocenters. The van der Waals surface area contributed by atoms with E-state index in [1.165, 1.54) is 16.7 Å². The number of aromatic amines is 1. The van der Waals surface area contributed by atoms with Crippen molar-refractivity contribution >= 4 is 16.6 Å². The normalized spacial score (nSPS) is 15.8. The lowest BCUT2D eigenvalue weighted by Crippen LogP contribution is -2.39. The van der Waals surface area contributed by atoms with Crippen molar-refractivity contribution in [3.8, 4) is 0 Å². The van der Waals surface area contributed by atoms with Crippen LogP contribution in [0.2, 0.25) is 0 Å². The Hall–Kier alpha value is -4.26. The fraction of sp³-hybridized carbons (Fsp3) is 0.267. The molecular weight excluding hydrogens is 460 g/mol. The average Bonchev–Trinajstić information content (AvgIpc) is 3.49. The number of aromatic nitrogens is 5. The molecule has 2 atom stereocenters. The molecule has 2 aromatic heterocycles. The molecule has 0 saturated heterocycles. The molecule has 0 saturated carbocycles. The molecule has 0 amide bonds. The molecule has 3 aromatic carbocycles. The van der Waals surface area contributed by atoms with E-state index in [4.69, 9.17) is 0 Å². The maximum Gasteiger partial charge on any atom is 0.254 e. The number of hydrogen-bond acceptors (Lipinski definition) is 5. The molecule has 0 aliphatic carbocycles. The Balaban J connectivity index is 1.51. The highest BCUT2D eigenvalue weighted by atomic mass is 16.1. The predicted octanol–water partition coefficient (Wildman–Crippen LogP) is 4.91. The number of para-hydroxylation sites is 1.